The van der Waals surface area contributed by atoms with Crippen molar-refractivity contribution in [3.05, 3.63) is 50.4 Å². The Kier molecular flexibility index (Phi) is 5.08. The standard InChI is InChI=1S/C17H20N2OS2/c1-13(19-7-4-16-15(11-19)6-9-22-16)10-18-17(20)3-2-14-5-8-21-12-14/h2-3,5-6,8-9,12-13H,4,7,10-11H2,1H3,(H,18,20)/b3-2-/t13-/m0/s1. The van der Waals surface area contributed by atoms with Gasteiger partial charge in [0.25, 0.3) is 0 Å². The summed E-state index contributed by atoms with van der Waals surface area (Å²) < 4.78 is 0. The zero-order valence-electron chi connectivity index (χ0n) is 12.6. The van der Waals surface area contributed by atoms with Crippen molar-refractivity contribution in [2.45, 2.75) is 25.9 Å². The Labute approximate surface area is 139 Å². The molecule has 0 saturated heterocycles. The summed E-state index contributed by atoms with van der Waals surface area (Å²) in [7, 11) is 0. The fraction of sp³-hybridized carbons (Fsp3) is 0.353. The van der Waals surface area contributed by atoms with E-state index < -0.39 is 0 Å². The summed E-state index contributed by atoms with van der Waals surface area (Å²) in [5.74, 6) is -0.0220. The van der Waals surface area contributed by atoms with Crippen LogP contribution < -0.4 is 5.32 Å². The number of fused-ring (bicyclic) bond motifs is 1. The summed E-state index contributed by atoms with van der Waals surface area (Å²) in [6.07, 6.45) is 4.60. The second kappa shape index (κ2) is 7.22. The maximum Gasteiger partial charge on any atom is 0.244 e. The minimum absolute atomic E-state index is 0.0220. The zero-order chi connectivity index (χ0) is 15.4. The van der Waals surface area contributed by atoms with E-state index in [1.807, 2.05) is 34.2 Å². The highest BCUT2D eigenvalue weighted by atomic mass is 32.1. The third-order valence-corrected chi connectivity index (χ3v) is 5.73. The number of hydrogen-bond acceptors (Lipinski definition) is 4. The van der Waals surface area contributed by atoms with Gasteiger partial charge in [-0.15, -0.1) is 11.3 Å². The number of thiophene rings is 2. The number of nitrogens with one attached hydrogen (secondary N) is 1. The zero-order valence-corrected chi connectivity index (χ0v) is 14.3. The lowest BCUT2D eigenvalue weighted by Gasteiger charge is -2.32. The lowest BCUT2D eigenvalue weighted by Crippen LogP contribution is -2.43. The lowest BCUT2D eigenvalue weighted by atomic mass is 10.1. The van der Waals surface area contributed by atoms with Crippen molar-refractivity contribution < 1.29 is 4.79 Å². The van der Waals surface area contributed by atoms with Gasteiger partial charge in [-0.3, -0.25) is 9.69 Å². The van der Waals surface area contributed by atoms with Gasteiger partial charge >= 0.3 is 0 Å². The molecule has 1 amide bonds. The smallest absolute Gasteiger partial charge is 0.244 e. The van der Waals surface area contributed by atoms with Crippen LogP contribution in [0.4, 0.5) is 0 Å². The van der Waals surface area contributed by atoms with Crippen molar-refractivity contribution in [1.29, 1.82) is 0 Å². The first-order valence-corrected chi connectivity index (χ1v) is 9.32. The van der Waals surface area contributed by atoms with E-state index in [4.69, 9.17) is 0 Å². The van der Waals surface area contributed by atoms with E-state index in [0.717, 1.165) is 25.1 Å². The number of amides is 1. The molecule has 0 fully saturated rings. The number of carbonyl (C=O) groups excluding carboxylic acids is 1. The molecule has 0 spiro atoms. The highest BCUT2D eigenvalue weighted by molar-refractivity contribution is 7.10. The molecule has 0 bridgehead atoms. The van der Waals surface area contributed by atoms with E-state index in [1.165, 1.54) is 10.4 Å². The third kappa shape index (κ3) is 3.85. The number of rotatable bonds is 5. The first kappa shape index (κ1) is 15.5. The summed E-state index contributed by atoms with van der Waals surface area (Å²) in [5, 5.41) is 9.21. The van der Waals surface area contributed by atoms with Crippen molar-refractivity contribution in [2.24, 2.45) is 0 Å². The summed E-state index contributed by atoms with van der Waals surface area (Å²) in [5.41, 5.74) is 2.53. The third-order valence-electron chi connectivity index (χ3n) is 4.00. The number of nitrogens with zero attached hydrogens (tertiary/aromatic N) is 1. The quantitative estimate of drug-likeness (QED) is 0.851. The van der Waals surface area contributed by atoms with Gasteiger partial charge in [-0.25, -0.2) is 0 Å². The summed E-state index contributed by atoms with van der Waals surface area (Å²) in [6, 6.07) is 4.58. The Balaban J connectivity index is 1.46. The largest absolute Gasteiger partial charge is 0.351 e. The Morgan fingerprint density at radius 2 is 2.36 bits per heavy atom. The van der Waals surface area contributed by atoms with Crippen LogP contribution in [0.1, 0.15) is 22.9 Å². The van der Waals surface area contributed by atoms with E-state index in [2.05, 4.69) is 28.6 Å². The minimum atomic E-state index is -0.0220. The van der Waals surface area contributed by atoms with Gasteiger partial charge in [0.2, 0.25) is 5.91 Å². The molecule has 1 atom stereocenters. The summed E-state index contributed by atoms with van der Waals surface area (Å²) in [6.45, 7) is 4.95. The normalized spacial score (nSPS) is 16.6. The summed E-state index contributed by atoms with van der Waals surface area (Å²) in [4.78, 5) is 15.8. The van der Waals surface area contributed by atoms with Gasteiger partial charge in [0.1, 0.15) is 0 Å². The molecular formula is C17H20N2OS2. The monoisotopic (exact) mass is 332 g/mol. The molecule has 3 nitrogen and oxygen atoms in total. The van der Waals surface area contributed by atoms with Crippen molar-refractivity contribution in [3.63, 3.8) is 0 Å². The molecule has 1 N–H and O–H groups in total. The first-order valence-electron chi connectivity index (χ1n) is 7.50. The minimum Gasteiger partial charge on any atom is -0.351 e. The fourth-order valence-corrected chi connectivity index (χ4v) is 4.14. The average molecular weight is 332 g/mol. The lowest BCUT2D eigenvalue weighted by molar-refractivity contribution is -0.116. The molecule has 0 aliphatic carbocycles. The Hall–Kier alpha value is -1.43. The fourth-order valence-electron chi connectivity index (χ4n) is 2.62. The van der Waals surface area contributed by atoms with Gasteiger partial charge in [-0.05, 0) is 58.8 Å². The van der Waals surface area contributed by atoms with E-state index in [9.17, 15) is 4.79 Å². The van der Waals surface area contributed by atoms with Crippen molar-refractivity contribution >= 4 is 34.7 Å². The predicted molar refractivity (Wildman–Crippen MR) is 94.3 cm³/mol. The molecule has 0 unspecified atom stereocenters. The number of carbonyl (C=O) groups is 1. The molecule has 3 heterocycles. The first-order chi connectivity index (χ1) is 10.7. The van der Waals surface area contributed by atoms with Crippen molar-refractivity contribution in [1.82, 2.24) is 10.2 Å². The van der Waals surface area contributed by atoms with Crippen LogP contribution in [0.5, 0.6) is 0 Å². The summed E-state index contributed by atoms with van der Waals surface area (Å²) >= 11 is 3.49. The maximum atomic E-state index is 11.9. The van der Waals surface area contributed by atoms with E-state index in [1.54, 1.807) is 17.4 Å². The SMILES string of the molecule is C[C@@H](CNC(=O)/C=C\c1ccsc1)N1CCc2sccc2C1. The highest BCUT2D eigenvalue weighted by Crippen LogP contribution is 2.24. The van der Waals surface area contributed by atoms with Gasteiger partial charge in [0, 0.05) is 36.6 Å². The highest BCUT2D eigenvalue weighted by Gasteiger charge is 2.21. The van der Waals surface area contributed by atoms with E-state index in [-0.39, 0.29) is 5.91 Å². The van der Waals surface area contributed by atoms with Crippen LogP contribution in [0.25, 0.3) is 6.08 Å². The molecule has 0 saturated carbocycles. The van der Waals surface area contributed by atoms with Crippen LogP contribution in [0.2, 0.25) is 0 Å². The molecule has 0 radical (unpaired) electrons. The van der Waals surface area contributed by atoms with Gasteiger partial charge < -0.3 is 5.32 Å². The molecule has 22 heavy (non-hydrogen) atoms. The van der Waals surface area contributed by atoms with E-state index in [0.29, 0.717) is 12.6 Å². The van der Waals surface area contributed by atoms with Crippen molar-refractivity contribution in [2.75, 3.05) is 13.1 Å². The van der Waals surface area contributed by atoms with Gasteiger partial charge in [0.05, 0.1) is 0 Å². The Bertz CT molecular complexity index is 645. The Morgan fingerprint density at radius 1 is 1.45 bits per heavy atom. The topological polar surface area (TPSA) is 32.3 Å². The molecule has 116 valence electrons. The molecule has 0 aromatic carbocycles. The molecular weight excluding hydrogens is 312 g/mol. The van der Waals surface area contributed by atoms with Crippen LogP contribution in [0.15, 0.2) is 34.3 Å². The van der Waals surface area contributed by atoms with Gasteiger partial charge in [-0.1, -0.05) is 0 Å². The van der Waals surface area contributed by atoms with Crippen LogP contribution in [-0.2, 0) is 17.8 Å². The second-order valence-corrected chi connectivity index (χ2v) is 7.35. The van der Waals surface area contributed by atoms with E-state index >= 15 is 0 Å². The molecule has 3 rings (SSSR count). The molecule has 2 aromatic heterocycles. The predicted octanol–water partition coefficient (Wildman–Crippen LogP) is 3.39. The van der Waals surface area contributed by atoms with Gasteiger partial charge in [0.15, 0.2) is 0 Å². The average Bonchev–Trinajstić information content (AvgIpc) is 3.20. The Morgan fingerprint density at radius 3 is 3.18 bits per heavy atom. The maximum absolute atomic E-state index is 11.9. The second-order valence-electron chi connectivity index (χ2n) is 5.57. The molecule has 1 aliphatic heterocycles. The molecule has 1 aliphatic rings. The van der Waals surface area contributed by atoms with Crippen LogP contribution in [-0.4, -0.2) is 29.9 Å². The van der Waals surface area contributed by atoms with Crippen LogP contribution in [0, 0.1) is 0 Å². The van der Waals surface area contributed by atoms with Crippen LogP contribution in [0.3, 0.4) is 0 Å². The number of hydrogen-bond donors (Lipinski definition) is 1. The van der Waals surface area contributed by atoms with Crippen LogP contribution >= 0.6 is 22.7 Å². The molecule has 2 aromatic rings. The molecule has 5 heteroatoms. The van der Waals surface area contributed by atoms with Gasteiger partial charge in [-0.2, -0.15) is 11.3 Å². The van der Waals surface area contributed by atoms with Crippen molar-refractivity contribution in [3.8, 4) is 0 Å².